The highest BCUT2D eigenvalue weighted by Gasteiger charge is 2.33. The van der Waals surface area contributed by atoms with Crippen LogP contribution in [0.25, 0.3) is 0 Å². The quantitative estimate of drug-likeness (QED) is 0.701. The Balaban J connectivity index is 2.39. The van der Waals surface area contributed by atoms with E-state index in [1.165, 1.54) is 0 Å². The molecule has 6 heteroatoms. The van der Waals surface area contributed by atoms with Gasteiger partial charge in [0.2, 0.25) is 0 Å². The van der Waals surface area contributed by atoms with Gasteiger partial charge in [-0.15, -0.1) is 5.06 Å². The molecule has 0 aromatic rings. The highest BCUT2D eigenvalue weighted by atomic mass is 32.2. The number of carbonyl (C=O) groups excluding carboxylic acids is 3. The van der Waals surface area contributed by atoms with Crippen LogP contribution in [-0.4, -0.2) is 32.8 Å². The Morgan fingerprint density at radius 1 is 1.32 bits per heavy atom. The van der Waals surface area contributed by atoms with Gasteiger partial charge in [-0.1, -0.05) is 27.7 Å². The summed E-state index contributed by atoms with van der Waals surface area (Å²) in [5.41, 5.74) is 0. The summed E-state index contributed by atoms with van der Waals surface area (Å²) in [6.07, 6.45) is 1.09. The maximum Gasteiger partial charge on any atom is 0.333 e. The molecule has 0 aromatic heterocycles. The normalized spacial score (nSPS) is 16.4. The molecule has 0 N–H and O–H groups in total. The van der Waals surface area contributed by atoms with E-state index < -0.39 is 17.8 Å². The summed E-state index contributed by atoms with van der Waals surface area (Å²) in [6.45, 7) is 8.34. The molecule has 1 aliphatic rings. The van der Waals surface area contributed by atoms with Crippen molar-refractivity contribution in [3.63, 3.8) is 0 Å². The van der Waals surface area contributed by atoms with E-state index in [2.05, 4.69) is 27.7 Å². The fourth-order valence-corrected chi connectivity index (χ4v) is 3.40. The SMILES string of the molecule is CC(C)SC(C)(C)CCC(=O)ON1C(=O)CCC1=O. The molecule has 1 saturated heterocycles. The number of carbonyl (C=O) groups is 3. The number of hydrogen-bond acceptors (Lipinski definition) is 5. The second-order valence-electron chi connectivity index (χ2n) is 5.47. The van der Waals surface area contributed by atoms with Crippen LogP contribution < -0.4 is 0 Å². The van der Waals surface area contributed by atoms with Crippen LogP contribution in [0.2, 0.25) is 0 Å². The lowest BCUT2D eigenvalue weighted by molar-refractivity contribution is -0.197. The van der Waals surface area contributed by atoms with Crippen LogP contribution in [0.5, 0.6) is 0 Å². The van der Waals surface area contributed by atoms with E-state index >= 15 is 0 Å². The highest BCUT2D eigenvalue weighted by molar-refractivity contribution is 8.01. The number of thioether (sulfide) groups is 1. The molecule has 0 saturated carbocycles. The zero-order valence-electron chi connectivity index (χ0n) is 11.9. The van der Waals surface area contributed by atoms with Gasteiger partial charge in [0, 0.05) is 24.0 Å². The molecule has 19 heavy (non-hydrogen) atoms. The lowest BCUT2D eigenvalue weighted by atomic mass is 10.1. The molecule has 5 nitrogen and oxygen atoms in total. The van der Waals surface area contributed by atoms with Gasteiger partial charge in [-0.3, -0.25) is 9.59 Å². The van der Waals surface area contributed by atoms with Gasteiger partial charge in [-0.25, -0.2) is 4.79 Å². The van der Waals surface area contributed by atoms with Gasteiger partial charge in [0.05, 0.1) is 0 Å². The third-order valence-electron chi connectivity index (χ3n) is 2.68. The molecular weight excluding hydrogens is 266 g/mol. The van der Waals surface area contributed by atoms with Gasteiger partial charge >= 0.3 is 5.97 Å². The first kappa shape index (κ1) is 16.0. The summed E-state index contributed by atoms with van der Waals surface area (Å²) in [5, 5.41) is 1.08. The van der Waals surface area contributed by atoms with Crippen molar-refractivity contribution in [2.45, 2.75) is 63.4 Å². The van der Waals surface area contributed by atoms with Crippen molar-refractivity contribution >= 4 is 29.5 Å². The highest BCUT2D eigenvalue weighted by Crippen LogP contribution is 2.32. The number of amides is 2. The minimum Gasteiger partial charge on any atom is -0.330 e. The molecule has 1 heterocycles. The Morgan fingerprint density at radius 3 is 2.32 bits per heavy atom. The van der Waals surface area contributed by atoms with Gasteiger partial charge in [0.15, 0.2) is 0 Å². The van der Waals surface area contributed by atoms with E-state index in [1.54, 1.807) is 11.8 Å². The van der Waals surface area contributed by atoms with Gasteiger partial charge in [0.25, 0.3) is 11.8 Å². The Kier molecular flexibility index (Phi) is 5.40. The minimum atomic E-state index is -0.527. The molecule has 0 bridgehead atoms. The summed E-state index contributed by atoms with van der Waals surface area (Å²) < 4.78 is -0.0355. The van der Waals surface area contributed by atoms with E-state index in [-0.39, 0.29) is 24.0 Å². The van der Waals surface area contributed by atoms with E-state index in [0.717, 1.165) is 0 Å². The third-order valence-corrected chi connectivity index (χ3v) is 4.00. The molecule has 0 aliphatic carbocycles. The predicted octanol–water partition coefficient (Wildman–Crippen LogP) is 2.29. The van der Waals surface area contributed by atoms with Crippen LogP contribution >= 0.6 is 11.8 Å². The van der Waals surface area contributed by atoms with Crippen molar-refractivity contribution in [3.8, 4) is 0 Å². The molecule has 1 rings (SSSR count). The van der Waals surface area contributed by atoms with Gasteiger partial charge < -0.3 is 4.84 Å². The fraction of sp³-hybridized carbons (Fsp3) is 0.769. The summed E-state index contributed by atoms with van der Waals surface area (Å²) in [7, 11) is 0. The molecule has 108 valence electrons. The summed E-state index contributed by atoms with van der Waals surface area (Å²) in [6, 6.07) is 0. The van der Waals surface area contributed by atoms with Gasteiger partial charge in [-0.2, -0.15) is 11.8 Å². The topological polar surface area (TPSA) is 63.7 Å². The molecular formula is C13H21NO4S. The number of rotatable bonds is 6. The third kappa shape index (κ3) is 5.22. The molecule has 1 fully saturated rings. The first-order valence-corrected chi connectivity index (χ1v) is 7.33. The first-order chi connectivity index (χ1) is 8.71. The van der Waals surface area contributed by atoms with Crippen molar-refractivity contribution in [3.05, 3.63) is 0 Å². The summed E-state index contributed by atoms with van der Waals surface area (Å²) in [4.78, 5) is 39.0. The zero-order valence-corrected chi connectivity index (χ0v) is 12.7. The van der Waals surface area contributed by atoms with E-state index in [1.807, 2.05) is 0 Å². The average Bonchev–Trinajstić information content (AvgIpc) is 2.57. The Bertz CT molecular complexity index is 363. The van der Waals surface area contributed by atoms with Crippen molar-refractivity contribution in [2.75, 3.05) is 0 Å². The van der Waals surface area contributed by atoms with Crippen LogP contribution in [-0.2, 0) is 19.2 Å². The van der Waals surface area contributed by atoms with E-state index in [9.17, 15) is 14.4 Å². The van der Waals surface area contributed by atoms with E-state index in [0.29, 0.717) is 16.7 Å². The van der Waals surface area contributed by atoms with Crippen LogP contribution in [0.4, 0.5) is 0 Å². The molecule has 0 radical (unpaired) electrons. The molecule has 0 atom stereocenters. The standard InChI is InChI=1S/C13H21NO4S/c1-9(2)19-13(3,4)8-7-12(17)18-14-10(15)5-6-11(14)16/h9H,5-8H2,1-4H3. The zero-order chi connectivity index (χ0) is 14.6. The van der Waals surface area contributed by atoms with Crippen LogP contribution in [0, 0.1) is 0 Å². The molecule has 2 amide bonds. The van der Waals surface area contributed by atoms with Crippen molar-refractivity contribution < 1.29 is 19.2 Å². The van der Waals surface area contributed by atoms with Crippen LogP contribution in [0.1, 0.15) is 53.4 Å². The summed E-state index contributed by atoms with van der Waals surface area (Å²) >= 11 is 1.79. The second kappa shape index (κ2) is 6.41. The number of imide groups is 1. The lowest BCUT2D eigenvalue weighted by Crippen LogP contribution is -2.32. The van der Waals surface area contributed by atoms with Crippen molar-refractivity contribution in [2.24, 2.45) is 0 Å². The van der Waals surface area contributed by atoms with Gasteiger partial charge in [-0.05, 0) is 11.7 Å². The maximum atomic E-state index is 11.6. The average molecular weight is 287 g/mol. The van der Waals surface area contributed by atoms with Crippen LogP contribution in [0.15, 0.2) is 0 Å². The fourth-order valence-electron chi connectivity index (χ4n) is 1.91. The Morgan fingerprint density at radius 2 is 1.84 bits per heavy atom. The Hall–Kier alpha value is -1.04. The smallest absolute Gasteiger partial charge is 0.330 e. The lowest BCUT2D eigenvalue weighted by Gasteiger charge is -2.25. The number of hydrogen-bond donors (Lipinski definition) is 0. The monoisotopic (exact) mass is 287 g/mol. The van der Waals surface area contributed by atoms with Gasteiger partial charge in [0.1, 0.15) is 0 Å². The number of hydroxylamine groups is 2. The predicted molar refractivity (Wildman–Crippen MR) is 73.2 cm³/mol. The largest absolute Gasteiger partial charge is 0.333 e. The second-order valence-corrected chi connectivity index (χ2v) is 7.76. The Labute approximate surface area is 118 Å². The maximum absolute atomic E-state index is 11.6. The molecule has 0 unspecified atom stereocenters. The van der Waals surface area contributed by atoms with Crippen LogP contribution in [0.3, 0.4) is 0 Å². The molecule has 0 aromatic carbocycles. The first-order valence-electron chi connectivity index (χ1n) is 6.46. The van der Waals surface area contributed by atoms with E-state index in [4.69, 9.17) is 4.84 Å². The van der Waals surface area contributed by atoms with Crippen molar-refractivity contribution in [1.82, 2.24) is 5.06 Å². The minimum absolute atomic E-state index is 0.0355. The molecule has 0 spiro atoms. The molecule has 1 aliphatic heterocycles. The summed E-state index contributed by atoms with van der Waals surface area (Å²) in [5.74, 6) is -1.40. The number of nitrogens with zero attached hydrogens (tertiary/aromatic N) is 1. The van der Waals surface area contributed by atoms with Crippen molar-refractivity contribution in [1.29, 1.82) is 0 Å².